The molecule has 0 spiro atoms. The number of sulfonamides is 1. The number of quaternary nitrogens is 1. The van der Waals surface area contributed by atoms with E-state index in [-0.39, 0.29) is 18.4 Å². The van der Waals surface area contributed by atoms with Gasteiger partial charge in [0.2, 0.25) is 10.0 Å². The molecule has 1 fully saturated rings. The molecule has 2 N–H and O–H groups in total. The summed E-state index contributed by atoms with van der Waals surface area (Å²) in [5, 5.41) is 12.2. The summed E-state index contributed by atoms with van der Waals surface area (Å²) in [7, 11) is -3.53. The highest BCUT2D eigenvalue weighted by Gasteiger charge is 2.34. The normalized spacial score (nSPS) is 18.5. The van der Waals surface area contributed by atoms with Crippen molar-refractivity contribution in [1.29, 1.82) is 5.26 Å². The number of piperazine rings is 1. The fraction of sp³-hybridized carbons (Fsp3) is 0.600. The standard InChI is InChI=1S/C20H30N4O3S/c1-15(2)20(5,14-21)22-19(25)13-23-8-10-24(11-9-23)28(26,27)18-7-6-16(3)12-17(18)4/h6-7,12,15H,8-11,13H2,1-5H3,(H,22,25)/p+1/t20-/m0/s1. The predicted octanol–water partition coefficient (Wildman–Crippen LogP) is 0.247. The Balaban J connectivity index is 1.97. The first-order chi connectivity index (χ1) is 13.0. The third-order valence-corrected chi connectivity index (χ3v) is 7.63. The van der Waals surface area contributed by atoms with Gasteiger partial charge in [0.05, 0.1) is 37.1 Å². The summed E-state index contributed by atoms with van der Waals surface area (Å²) in [6, 6.07) is 7.53. The van der Waals surface area contributed by atoms with E-state index in [1.165, 1.54) is 4.31 Å². The zero-order valence-electron chi connectivity index (χ0n) is 17.4. The second-order valence-corrected chi connectivity index (χ2v) is 10.0. The summed E-state index contributed by atoms with van der Waals surface area (Å²) in [6.07, 6.45) is 0. The second-order valence-electron chi connectivity index (χ2n) is 8.12. The van der Waals surface area contributed by atoms with E-state index < -0.39 is 15.6 Å². The van der Waals surface area contributed by atoms with Crippen molar-refractivity contribution in [3.8, 4) is 6.07 Å². The molecular weight excluding hydrogens is 376 g/mol. The molecule has 154 valence electrons. The molecule has 0 bridgehead atoms. The first-order valence-electron chi connectivity index (χ1n) is 9.63. The largest absolute Gasteiger partial charge is 0.333 e. The Bertz CT molecular complexity index is 868. The summed E-state index contributed by atoms with van der Waals surface area (Å²) < 4.78 is 27.4. The fourth-order valence-electron chi connectivity index (χ4n) is 3.31. The first kappa shape index (κ1) is 22.3. The third kappa shape index (κ3) is 4.90. The van der Waals surface area contributed by atoms with E-state index in [0.29, 0.717) is 31.1 Å². The number of hydrogen-bond donors (Lipinski definition) is 2. The van der Waals surface area contributed by atoms with Crippen LogP contribution in [0.2, 0.25) is 0 Å². The lowest BCUT2D eigenvalue weighted by atomic mass is 9.90. The molecule has 0 aliphatic carbocycles. The summed E-state index contributed by atoms with van der Waals surface area (Å²) in [6.45, 7) is 11.4. The number of benzene rings is 1. The van der Waals surface area contributed by atoms with Crippen molar-refractivity contribution in [2.45, 2.75) is 45.1 Å². The lowest BCUT2D eigenvalue weighted by molar-refractivity contribution is -0.895. The van der Waals surface area contributed by atoms with E-state index in [1.807, 2.05) is 39.8 Å². The van der Waals surface area contributed by atoms with E-state index in [9.17, 15) is 18.5 Å². The highest BCUT2D eigenvalue weighted by molar-refractivity contribution is 7.89. The van der Waals surface area contributed by atoms with Crippen LogP contribution in [0.15, 0.2) is 23.1 Å². The molecule has 0 radical (unpaired) electrons. The average Bonchev–Trinajstić information content (AvgIpc) is 2.61. The Kier molecular flexibility index (Phi) is 6.86. The molecule has 8 heteroatoms. The van der Waals surface area contributed by atoms with Gasteiger partial charge in [-0.15, -0.1) is 0 Å². The maximum absolute atomic E-state index is 13.0. The number of aryl methyl sites for hydroxylation is 2. The number of nitrogens with one attached hydrogen (secondary N) is 2. The average molecular weight is 408 g/mol. The maximum Gasteiger partial charge on any atom is 0.276 e. The summed E-state index contributed by atoms with van der Waals surface area (Å²) in [5.74, 6) is -0.186. The van der Waals surface area contributed by atoms with Crippen LogP contribution in [0.1, 0.15) is 31.9 Å². The van der Waals surface area contributed by atoms with E-state index >= 15 is 0 Å². The number of nitrogens with zero attached hydrogens (tertiary/aromatic N) is 2. The topological polar surface area (TPSA) is 94.7 Å². The lowest BCUT2D eigenvalue weighted by Crippen LogP contribution is -3.16. The number of nitriles is 1. The van der Waals surface area contributed by atoms with E-state index in [4.69, 9.17) is 0 Å². The Labute approximate surface area is 168 Å². The van der Waals surface area contributed by atoms with Crippen LogP contribution in [0, 0.1) is 31.1 Å². The van der Waals surface area contributed by atoms with Gasteiger partial charge < -0.3 is 10.2 Å². The molecule has 0 saturated carbocycles. The third-order valence-electron chi connectivity index (χ3n) is 5.57. The molecule has 1 aromatic rings. The minimum Gasteiger partial charge on any atom is -0.333 e. The molecule has 1 aromatic carbocycles. The zero-order chi connectivity index (χ0) is 21.1. The van der Waals surface area contributed by atoms with Crippen molar-refractivity contribution in [1.82, 2.24) is 9.62 Å². The van der Waals surface area contributed by atoms with E-state index in [2.05, 4.69) is 11.4 Å². The number of carbonyl (C=O) groups is 1. The molecule has 1 heterocycles. The Morgan fingerprint density at radius 3 is 2.43 bits per heavy atom. The molecule has 0 aromatic heterocycles. The van der Waals surface area contributed by atoms with Crippen LogP contribution in [0.3, 0.4) is 0 Å². The summed E-state index contributed by atoms with van der Waals surface area (Å²) in [4.78, 5) is 13.7. The molecule has 28 heavy (non-hydrogen) atoms. The number of rotatable bonds is 6. The Morgan fingerprint density at radius 2 is 1.93 bits per heavy atom. The number of hydrogen-bond acceptors (Lipinski definition) is 4. The molecular formula is C20H31N4O3S+. The highest BCUT2D eigenvalue weighted by atomic mass is 32.2. The van der Waals surface area contributed by atoms with E-state index in [1.54, 1.807) is 13.0 Å². The molecule has 1 amide bonds. The van der Waals surface area contributed by atoms with Crippen LogP contribution in [-0.4, -0.2) is 56.9 Å². The molecule has 1 saturated heterocycles. The van der Waals surface area contributed by atoms with Gasteiger partial charge in [-0.05, 0) is 38.3 Å². The second kappa shape index (κ2) is 8.60. The van der Waals surface area contributed by atoms with Crippen LogP contribution in [0.25, 0.3) is 0 Å². The minimum absolute atomic E-state index is 0.00353. The molecule has 1 aliphatic heterocycles. The summed E-state index contributed by atoms with van der Waals surface area (Å²) in [5.41, 5.74) is 0.881. The van der Waals surface area contributed by atoms with Gasteiger partial charge in [-0.1, -0.05) is 31.5 Å². The lowest BCUT2D eigenvalue weighted by Gasteiger charge is -2.33. The maximum atomic E-state index is 13.0. The van der Waals surface area contributed by atoms with Gasteiger partial charge in [0.25, 0.3) is 5.91 Å². The van der Waals surface area contributed by atoms with Crippen LogP contribution in [0.4, 0.5) is 0 Å². The van der Waals surface area contributed by atoms with Crippen LogP contribution < -0.4 is 10.2 Å². The highest BCUT2D eigenvalue weighted by Crippen LogP contribution is 2.21. The van der Waals surface area contributed by atoms with Gasteiger partial charge in [-0.2, -0.15) is 9.57 Å². The van der Waals surface area contributed by atoms with Crippen molar-refractivity contribution in [3.63, 3.8) is 0 Å². The van der Waals surface area contributed by atoms with Crippen molar-refractivity contribution in [2.75, 3.05) is 32.7 Å². The van der Waals surface area contributed by atoms with Gasteiger partial charge in [-0.25, -0.2) is 8.42 Å². The van der Waals surface area contributed by atoms with Gasteiger partial charge in [0, 0.05) is 0 Å². The van der Waals surface area contributed by atoms with Gasteiger partial charge in [0.15, 0.2) is 6.54 Å². The monoisotopic (exact) mass is 407 g/mol. The number of carbonyl (C=O) groups excluding carboxylic acids is 1. The fourth-order valence-corrected chi connectivity index (χ4v) is 4.96. The zero-order valence-corrected chi connectivity index (χ0v) is 18.2. The Morgan fingerprint density at radius 1 is 1.32 bits per heavy atom. The van der Waals surface area contributed by atoms with Crippen molar-refractivity contribution in [3.05, 3.63) is 29.3 Å². The van der Waals surface area contributed by atoms with Gasteiger partial charge >= 0.3 is 0 Å². The van der Waals surface area contributed by atoms with Crippen LogP contribution in [0.5, 0.6) is 0 Å². The van der Waals surface area contributed by atoms with Crippen LogP contribution >= 0.6 is 0 Å². The Hall–Kier alpha value is -1.95. The van der Waals surface area contributed by atoms with Crippen molar-refractivity contribution < 1.29 is 18.1 Å². The van der Waals surface area contributed by atoms with Gasteiger partial charge in [-0.3, -0.25) is 4.79 Å². The minimum atomic E-state index is -3.53. The predicted molar refractivity (Wildman–Crippen MR) is 107 cm³/mol. The first-order valence-corrected chi connectivity index (χ1v) is 11.1. The quantitative estimate of drug-likeness (QED) is 0.707. The van der Waals surface area contributed by atoms with Crippen LogP contribution in [-0.2, 0) is 14.8 Å². The SMILES string of the molecule is Cc1ccc(S(=O)(=O)N2CC[NH+](CC(=O)N[C@@](C)(C#N)C(C)C)CC2)c(C)c1. The molecule has 1 atom stereocenters. The molecule has 1 aliphatic rings. The molecule has 0 unspecified atom stereocenters. The molecule has 2 rings (SSSR count). The molecule has 7 nitrogen and oxygen atoms in total. The van der Waals surface area contributed by atoms with E-state index in [0.717, 1.165) is 16.0 Å². The van der Waals surface area contributed by atoms with Crippen molar-refractivity contribution >= 4 is 15.9 Å². The van der Waals surface area contributed by atoms with Crippen molar-refractivity contribution in [2.24, 2.45) is 5.92 Å². The van der Waals surface area contributed by atoms with Gasteiger partial charge in [0.1, 0.15) is 5.54 Å². The summed E-state index contributed by atoms with van der Waals surface area (Å²) >= 11 is 0. The smallest absolute Gasteiger partial charge is 0.276 e. The number of amides is 1.